The van der Waals surface area contributed by atoms with Crippen LogP contribution in [0.15, 0.2) is 33.8 Å². The van der Waals surface area contributed by atoms with Crippen molar-refractivity contribution < 1.29 is 9.32 Å². The van der Waals surface area contributed by atoms with Gasteiger partial charge < -0.3 is 20.5 Å². The van der Waals surface area contributed by atoms with Crippen molar-refractivity contribution in [2.24, 2.45) is 10.9 Å². The zero-order valence-electron chi connectivity index (χ0n) is 18.5. The Morgan fingerprint density at radius 3 is 2.53 bits per heavy atom. The SMILES string of the molecule is CCc1noc(CC)c1CNC(=NC)NCc1cccc(NC(=O)CC(C)C)c1.I. The quantitative estimate of drug-likeness (QED) is 0.258. The zero-order valence-corrected chi connectivity index (χ0v) is 20.9. The Bertz CT molecular complexity index is 811. The van der Waals surface area contributed by atoms with Crippen LogP contribution in [0.1, 0.15) is 56.7 Å². The molecule has 0 saturated carbocycles. The van der Waals surface area contributed by atoms with Gasteiger partial charge >= 0.3 is 0 Å². The van der Waals surface area contributed by atoms with Crippen molar-refractivity contribution in [2.45, 2.75) is 60.0 Å². The molecule has 1 heterocycles. The summed E-state index contributed by atoms with van der Waals surface area (Å²) in [4.78, 5) is 16.3. The molecular formula is C22H34IN5O2. The number of carbonyl (C=O) groups excluding carboxylic acids is 1. The average Bonchev–Trinajstić information content (AvgIpc) is 3.09. The summed E-state index contributed by atoms with van der Waals surface area (Å²) in [6.45, 7) is 9.40. The van der Waals surface area contributed by atoms with Gasteiger partial charge in [-0.25, -0.2) is 0 Å². The van der Waals surface area contributed by atoms with Crippen LogP contribution in [0, 0.1) is 5.92 Å². The minimum absolute atomic E-state index is 0. The highest BCUT2D eigenvalue weighted by atomic mass is 127. The average molecular weight is 527 g/mol. The molecule has 8 heteroatoms. The number of carbonyl (C=O) groups is 1. The fourth-order valence-electron chi connectivity index (χ4n) is 3.06. The molecule has 7 nitrogen and oxygen atoms in total. The number of nitrogens with zero attached hydrogens (tertiary/aromatic N) is 2. The highest BCUT2D eigenvalue weighted by Crippen LogP contribution is 2.15. The number of aliphatic imine (C=N–C) groups is 1. The molecule has 0 unspecified atom stereocenters. The smallest absolute Gasteiger partial charge is 0.224 e. The molecule has 30 heavy (non-hydrogen) atoms. The fourth-order valence-corrected chi connectivity index (χ4v) is 3.06. The lowest BCUT2D eigenvalue weighted by Crippen LogP contribution is -2.36. The van der Waals surface area contributed by atoms with E-state index in [0.717, 1.165) is 41.1 Å². The van der Waals surface area contributed by atoms with Gasteiger partial charge in [-0.05, 0) is 30.0 Å². The predicted molar refractivity (Wildman–Crippen MR) is 132 cm³/mol. The lowest BCUT2D eigenvalue weighted by atomic mass is 10.1. The van der Waals surface area contributed by atoms with Crippen molar-refractivity contribution in [1.29, 1.82) is 0 Å². The number of anilines is 1. The standard InChI is InChI=1S/C22H33N5O2.HI/c1-6-19-18(20(7-2)29-27-19)14-25-22(23-5)24-13-16-9-8-10-17(12-16)26-21(28)11-15(3)4;/h8-10,12,15H,6-7,11,13-14H2,1-5H3,(H,26,28)(H2,23,24,25);1H. The number of amides is 1. The van der Waals surface area contributed by atoms with E-state index in [0.29, 0.717) is 31.4 Å². The van der Waals surface area contributed by atoms with Gasteiger partial charge in [0.1, 0.15) is 5.76 Å². The van der Waals surface area contributed by atoms with E-state index in [1.54, 1.807) is 7.05 Å². The fraction of sp³-hybridized carbons (Fsp3) is 0.500. The molecule has 0 aliphatic rings. The van der Waals surface area contributed by atoms with Gasteiger partial charge in [-0.1, -0.05) is 45.0 Å². The van der Waals surface area contributed by atoms with E-state index in [1.165, 1.54) is 0 Å². The monoisotopic (exact) mass is 527 g/mol. The van der Waals surface area contributed by atoms with Crippen LogP contribution in [-0.4, -0.2) is 24.1 Å². The third kappa shape index (κ3) is 7.97. The first-order valence-electron chi connectivity index (χ1n) is 10.3. The lowest BCUT2D eigenvalue weighted by molar-refractivity contribution is -0.116. The van der Waals surface area contributed by atoms with Crippen molar-refractivity contribution >= 4 is 41.5 Å². The summed E-state index contributed by atoms with van der Waals surface area (Å²) in [5, 5.41) is 13.7. The second kappa shape index (κ2) is 13.3. The van der Waals surface area contributed by atoms with Crippen LogP contribution in [-0.2, 0) is 30.7 Å². The van der Waals surface area contributed by atoms with Crippen molar-refractivity contribution in [1.82, 2.24) is 15.8 Å². The summed E-state index contributed by atoms with van der Waals surface area (Å²) in [7, 11) is 1.74. The van der Waals surface area contributed by atoms with Crippen LogP contribution in [0.2, 0.25) is 0 Å². The number of nitrogens with one attached hydrogen (secondary N) is 3. The molecule has 0 bridgehead atoms. The van der Waals surface area contributed by atoms with Gasteiger partial charge in [0.25, 0.3) is 0 Å². The van der Waals surface area contributed by atoms with Crippen LogP contribution < -0.4 is 16.0 Å². The van der Waals surface area contributed by atoms with Crippen molar-refractivity contribution in [3.8, 4) is 0 Å². The topological polar surface area (TPSA) is 91.6 Å². The van der Waals surface area contributed by atoms with Crippen LogP contribution in [0.4, 0.5) is 5.69 Å². The molecule has 1 aromatic heterocycles. The molecule has 2 rings (SSSR count). The van der Waals surface area contributed by atoms with Crippen molar-refractivity contribution in [3.63, 3.8) is 0 Å². The largest absolute Gasteiger partial charge is 0.361 e. The van der Waals surface area contributed by atoms with Crippen LogP contribution >= 0.6 is 24.0 Å². The van der Waals surface area contributed by atoms with Gasteiger partial charge in [0.05, 0.1) is 5.69 Å². The van der Waals surface area contributed by atoms with Gasteiger partial charge in [-0.15, -0.1) is 24.0 Å². The molecule has 0 aliphatic heterocycles. The Morgan fingerprint density at radius 1 is 1.17 bits per heavy atom. The maximum absolute atomic E-state index is 12.0. The number of hydrogen-bond donors (Lipinski definition) is 3. The molecule has 1 amide bonds. The second-order valence-corrected chi connectivity index (χ2v) is 7.36. The molecule has 0 fully saturated rings. The molecule has 3 N–H and O–H groups in total. The predicted octanol–water partition coefficient (Wildman–Crippen LogP) is 4.27. The number of rotatable bonds is 9. The Kier molecular flexibility index (Phi) is 11.5. The summed E-state index contributed by atoms with van der Waals surface area (Å²) in [6, 6.07) is 7.83. The Balaban J connectivity index is 0.00000450. The van der Waals surface area contributed by atoms with Gasteiger partial charge in [-0.3, -0.25) is 9.79 Å². The first-order valence-corrected chi connectivity index (χ1v) is 10.3. The maximum atomic E-state index is 12.0. The summed E-state index contributed by atoms with van der Waals surface area (Å²) in [6.07, 6.45) is 2.16. The first kappa shape index (κ1) is 25.9. The first-order chi connectivity index (χ1) is 14.0. The molecular weight excluding hydrogens is 493 g/mol. The van der Waals surface area contributed by atoms with Crippen LogP contribution in [0.5, 0.6) is 0 Å². The van der Waals surface area contributed by atoms with Gasteiger partial charge in [0.15, 0.2) is 5.96 Å². The second-order valence-electron chi connectivity index (χ2n) is 7.36. The summed E-state index contributed by atoms with van der Waals surface area (Å²) in [5.74, 6) is 1.98. The third-order valence-corrected chi connectivity index (χ3v) is 4.53. The number of halogens is 1. The van der Waals surface area contributed by atoms with E-state index in [1.807, 2.05) is 38.1 Å². The molecule has 2 aromatic rings. The van der Waals surface area contributed by atoms with E-state index in [4.69, 9.17) is 4.52 Å². The van der Waals surface area contributed by atoms with E-state index >= 15 is 0 Å². The molecule has 0 atom stereocenters. The Morgan fingerprint density at radius 2 is 1.90 bits per heavy atom. The molecule has 166 valence electrons. The summed E-state index contributed by atoms with van der Waals surface area (Å²) < 4.78 is 5.42. The number of guanidine groups is 1. The van der Waals surface area contributed by atoms with Gasteiger partial charge in [-0.2, -0.15) is 0 Å². The number of aryl methyl sites for hydroxylation is 2. The molecule has 0 spiro atoms. The van der Waals surface area contributed by atoms with E-state index in [2.05, 4.69) is 39.9 Å². The molecule has 1 aromatic carbocycles. The highest BCUT2D eigenvalue weighted by molar-refractivity contribution is 14.0. The highest BCUT2D eigenvalue weighted by Gasteiger charge is 2.13. The van der Waals surface area contributed by atoms with Gasteiger partial charge in [0.2, 0.25) is 5.91 Å². The number of aromatic nitrogens is 1. The zero-order chi connectivity index (χ0) is 21.2. The van der Waals surface area contributed by atoms with E-state index in [9.17, 15) is 4.79 Å². The molecule has 0 saturated heterocycles. The minimum Gasteiger partial charge on any atom is -0.361 e. The van der Waals surface area contributed by atoms with Crippen molar-refractivity contribution in [3.05, 3.63) is 46.8 Å². The minimum atomic E-state index is 0. The maximum Gasteiger partial charge on any atom is 0.224 e. The van der Waals surface area contributed by atoms with E-state index < -0.39 is 0 Å². The molecule has 0 aliphatic carbocycles. The van der Waals surface area contributed by atoms with E-state index in [-0.39, 0.29) is 29.9 Å². The Hall–Kier alpha value is -2.10. The number of benzene rings is 1. The van der Waals surface area contributed by atoms with Crippen molar-refractivity contribution in [2.75, 3.05) is 12.4 Å². The third-order valence-electron chi connectivity index (χ3n) is 4.53. The molecule has 0 radical (unpaired) electrons. The van der Waals surface area contributed by atoms with Crippen LogP contribution in [0.25, 0.3) is 0 Å². The van der Waals surface area contributed by atoms with Crippen LogP contribution in [0.3, 0.4) is 0 Å². The normalized spacial score (nSPS) is 11.2. The summed E-state index contributed by atoms with van der Waals surface area (Å²) >= 11 is 0. The lowest BCUT2D eigenvalue weighted by Gasteiger charge is -2.13. The summed E-state index contributed by atoms with van der Waals surface area (Å²) in [5.41, 5.74) is 3.95. The number of hydrogen-bond acceptors (Lipinski definition) is 4. The Labute approximate surface area is 196 Å². The van der Waals surface area contributed by atoms with Gasteiger partial charge in [0, 0.05) is 44.2 Å².